The number of halogens is 2. The SMILES string of the molecule is C[C@H](O)c1ccc(OCC(F)F)cc1. The van der Waals surface area contributed by atoms with Crippen LogP contribution in [-0.4, -0.2) is 18.1 Å². The van der Waals surface area contributed by atoms with E-state index in [0.717, 1.165) is 5.56 Å². The van der Waals surface area contributed by atoms with E-state index in [1.54, 1.807) is 31.2 Å². The highest BCUT2D eigenvalue weighted by Crippen LogP contribution is 2.17. The zero-order chi connectivity index (χ0) is 10.6. The second-order valence-corrected chi connectivity index (χ2v) is 2.95. The molecule has 0 fully saturated rings. The van der Waals surface area contributed by atoms with Gasteiger partial charge in [-0.1, -0.05) is 12.1 Å². The Balaban J connectivity index is 2.55. The van der Waals surface area contributed by atoms with Crippen molar-refractivity contribution in [3.05, 3.63) is 29.8 Å². The van der Waals surface area contributed by atoms with Crippen molar-refractivity contribution >= 4 is 0 Å². The summed E-state index contributed by atoms with van der Waals surface area (Å²) in [4.78, 5) is 0. The molecule has 0 saturated carbocycles. The van der Waals surface area contributed by atoms with Gasteiger partial charge >= 0.3 is 0 Å². The summed E-state index contributed by atoms with van der Waals surface area (Å²) in [5, 5.41) is 9.17. The van der Waals surface area contributed by atoms with Crippen molar-refractivity contribution in [2.75, 3.05) is 6.61 Å². The third-order valence-corrected chi connectivity index (χ3v) is 1.74. The molecule has 0 aliphatic carbocycles. The quantitative estimate of drug-likeness (QED) is 0.812. The minimum Gasteiger partial charge on any atom is -0.488 e. The number of aliphatic hydroxyl groups excluding tert-OH is 1. The van der Waals surface area contributed by atoms with Crippen LogP contribution in [0.5, 0.6) is 5.75 Å². The first-order valence-corrected chi connectivity index (χ1v) is 4.28. The fraction of sp³-hybridized carbons (Fsp3) is 0.400. The van der Waals surface area contributed by atoms with Gasteiger partial charge in [-0.2, -0.15) is 0 Å². The number of hydrogen-bond acceptors (Lipinski definition) is 2. The maximum atomic E-state index is 11.8. The number of rotatable bonds is 4. The fourth-order valence-electron chi connectivity index (χ4n) is 1.00. The molecule has 0 amide bonds. The molecule has 78 valence electrons. The molecule has 0 bridgehead atoms. The van der Waals surface area contributed by atoms with Gasteiger partial charge in [-0.05, 0) is 24.6 Å². The molecule has 14 heavy (non-hydrogen) atoms. The monoisotopic (exact) mass is 202 g/mol. The first-order valence-electron chi connectivity index (χ1n) is 4.28. The molecule has 4 heteroatoms. The van der Waals surface area contributed by atoms with Crippen molar-refractivity contribution in [2.24, 2.45) is 0 Å². The Bertz CT molecular complexity index is 270. The van der Waals surface area contributed by atoms with Gasteiger partial charge in [0.25, 0.3) is 6.43 Å². The van der Waals surface area contributed by atoms with E-state index in [1.807, 2.05) is 0 Å². The molecule has 0 aliphatic heterocycles. The normalized spacial score (nSPS) is 12.9. The predicted molar refractivity (Wildman–Crippen MR) is 48.6 cm³/mol. The van der Waals surface area contributed by atoms with Gasteiger partial charge in [-0.3, -0.25) is 0 Å². The fourth-order valence-corrected chi connectivity index (χ4v) is 1.00. The topological polar surface area (TPSA) is 29.5 Å². The van der Waals surface area contributed by atoms with E-state index in [1.165, 1.54) is 0 Å². The molecule has 1 N–H and O–H groups in total. The number of aliphatic hydroxyl groups is 1. The minimum absolute atomic E-state index is 0.384. The van der Waals surface area contributed by atoms with Gasteiger partial charge in [-0.15, -0.1) is 0 Å². The van der Waals surface area contributed by atoms with Crippen LogP contribution in [0.15, 0.2) is 24.3 Å². The molecule has 0 unspecified atom stereocenters. The third-order valence-electron chi connectivity index (χ3n) is 1.74. The summed E-state index contributed by atoms with van der Waals surface area (Å²) < 4.78 is 28.3. The van der Waals surface area contributed by atoms with E-state index in [4.69, 9.17) is 4.74 Å². The van der Waals surface area contributed by atoms with Gasteiger partial charge in [0.1, 0.15) is 12.4 Å². The Labute approximate surface area is 81.1 Å². The average molecular weight is 202 g/mol. The van der Waals surface area contributed by atoms with Crippen LogP contribution in [0.1, 0.15) is 18.6 Å². The molecule has 0 heterocycles. The standard InChI is InChI=1S/C10H12F2O2/c1-7(13)8-2-4-9(5-3-8)14-6-10(11)12/h2-5,7,10,13H,6H2,1H3/t7-/m0/s1. The van der Waals surface area contributed by atoms with Crippen LogP contribution >= 0.6 is 0 Å². The van der Waals surface area contributed by atoms with Crippen LogP contribution < -0.4 is 4.74 Å². The van der Waals surface area contributed by atoms with Crippen LogP contribution in [0.4, 0.5) is 8.78 Å². The molecule has 0 radical (unpaired) electrons. The van der Waals surface area contributed by atoms with E-state index >= 15 is 0 Å². The van der Waals surface area contributed by atoms with Crippen LogP contribution in [0, 0.1) is 0 Å². The first kappa shape index (κ1) is 10.9. The van der Waals surface area contributed by atoms with E-state index in [9.17, 15) is 13.9 Å². The lowest BCUT2D eigenvalue weighted by Gasteiger charge is -2.07. The smallest absolute Gasteiger partial charge is 0.272 e. The molecule has 0 aliphatic rings. The Hall–Kier alpha value is -1.16. The number of benzene rings is 1. The lowest BCUT2D eigenvalue weighted by Crippen LogP contribution is -2.06. The first-order chi connectivity index (χ1) is 6.59. The van der Waals surface area contributed by atoms with Crippen LogP contribution in [-0.2, 0) is 0 Å². The summed E-state index contributed by atoms with van der Waals surface area (Å²) >= 11 is 0. The number of ether oxygens (including phenoxy) is 1. The molecule has 1 aromatic carbocycles. The summed E-state index contributed by atoms with van der Waals surface area (Å²) in [7, 11) is 0. The summed E-state index contributed by atoms with van der Waals surface area (Å²) in [6, 6.07) is 6.41. The summed E-state index contributed by atoms with van der Waals surface area (Å²) in [6.07, 6.45) is -3.02. The van der Waals surface area contributed by atoms with E-state index in [0.29, 0.717) is 5.75 Å². The van der Waals surface area contributed by atoms with Crippen molar-refractivity contribution in [1.82, 2.24) is 0 Å². The lowest BCUT2D eigenvalue weighted by atomic mass is 10.1. The minimum atomic E-state index is -2.47. The Morgan fingerprint density at radius 2 is 1.86 bits per heavy atom. The predicted octanol–water partition coefficient (Wildman–Crippen LogP) is 2.38. The highest BCUT2D eigenvalue weighted by Gasteiger charge is 2.04. The van der Waals surface area contributed by atoms with E-state index < -0.39 is 19.1 Å². The maximum Gasteiger partial charge on any atom is 0.272 e. The van der Waals surface area contributed by atoms with Gasteiger partial charge in [0.15, 0.2) is 0 Å². The molecule has 0 aromatic heterocycles. The van der Waals surface area contributed by atoms with Crippen LogP contribution in [0.3, 0.4) is 0 Å². The largest absolute Gasteiger partial charge is 0.488 e. The van der Waals surface area contributed by atoms with Gasteiger partial charge in [0, 0.05) is 0 Å². The van der Waals surface area contributed by atoms with E-state index in [-0.39, 0.29) is 0 Å². The number of alkyl halides is 2. The summed E-state index contributed by atoms with van der Waals surface area (Å²) in [6.45, 7) is 1.03. The van der Waals surface area contributed by atoms with Crippen molar-refractivity contribution < 1.29 is 18.6 Å². The number of hydrogen-bond donors (Lipinski definition) is 1. The van der Waals surface area contributed by atoms with Crippen molar-refractivity contribution in [3.8, 4) is 5.75 Å². The van der Waals surface area contributed by atoms with Crippen molar-refractivity contribution in [1.29, 1.82) is 0 Å². The highest BCUT2D eigenvalue weighted by atomic mass is 19.3. The average Bonchev–Trinajstić information content (AvgIpc) is 2.15. The highest BCUT2D eigenvalue weighted by molar-refractivity contribution is 5.28. The zero-order valence-electron chi connectivity index (χ0n) is 7.78. The van der Waals surface area contributed by atoms with Gasteiger partial charge < -0.3 is 9.84 Å². The Morgan fingerprint density at radius 3 is 2.29 bits per heavy atom. The van der Waals surface area contributed by atoms with E-state index in [2.05, 4.69) is 0 Å². The second kappa shape index (κ2) is 4.91. The van der Waals surface area contributed by atoms with Crippen molar-refractivity contribution in [2.45, 2.75) is 19.5 Å². The van der Waals surface area contributed by atoms with Gasteiger partial charge in [-0.25, -0.2) is 8.78 Å². The zero-order valence-corrected chi connectivity index (χ0v) is 7.78. The summed E-state index contributed by atoms with van der Waals surface area (Å²) in [5.74, 6) is 0.384. The van der Waals surface area contributed by atoms with Crippen LogP contribution in [0.2, 0.25) is 0 Å². The van der Waals surface area contributed by atoms with Crippen molar-refractivity contribution in [3.63, 3.8) is 0 Å². The molecular weight excluding hydrogens is 190 g/mol. The Morgan fingerprint density at radius 1 is 1.29 bits per heavy atom. The van der Waals surface area contributed by atoms with Crippen LogP contribution in [0.25, 0.3) is 0 Å². The third kappa shape index (κ3) is 3.30. The molecule has 0 spiro atoms. The Kier molecular flexibility index (Phi) is 3.83. The molecule has 2 nitrogen and oxygen atoms in total. The maximum absolute atomic E-state index is 11.8. The van der Waals surface area contributed by atoms with Gasteiger partial charge in [0.2, 0.25) is 0 Å². The van der Waals surface area contributed by atoms with Gasteiger partial charge in [0.05, 0.1) is 6.10 Å². The lowest BCUT2D eigenvalue weighted by molar-refractivity contribution is 0.0818. The molecule has 0 saturated heterocycles. The second-order valence-electron chi connectivity index (χ2n) is 2.95. The molecule has 1 atom stereocenters. The molecule has 1 aromatic rings. The molecular formula is C10H12F2O2. The molecule has 1 rings (SSSR count). The summed E-state index contributed by atoms with van der Waals surface area (Å²) in [5.41, 5.74) is 0.731.